The Balaban J connectivity index is 2.51. The second-order valence-electron chi connectivity index (χ2n) is 4.22. The lowest BCUT2D eigenvalue weighted by Gasteiger charge is -1.98. The molecule has 80 valence electrons. The third kappa shape index (κ3) is 1.20. The molecule has 0 radical (unpaired) electrons. The van der Waals surface area contributed by atoms with E-state index in [0.29, 0.717) is 0 Å². The zero-order valence-corrected chi connectivity index (χ0v) is 9.24. The molecule has 0 amide bonds. The molecule has 0 spiro atoms. The van der Waals surface area contributed by atoms with Crippen molar-refractivity contribution in [3.63, 3.8) is 0 Å². The van der Waals surface area contributed by atoms with Crippen LogP contribution in [0.3, 0.4) is 0 Å². The van der Waals surface area contributed by atoms with Crippen LogP contribution in [0.5, 0.6) is 5.75 Å². The molecule has 0 saturated heterocycles. The molecule has 3 aromatic rings. The van der Waals surface area contributed by atoms with E-state index in [4.69, 9.17) is 4.42 Å². The van der Waals surface area contributed by atoms with Gasteiger partial charge in [0, 0.05) is 16.8 Å². The topological polar surface area (TPSA) is 33.4 Å². The van der Waals surface area contributed by atoms with Crippen LogP contribution >= 0.6 is 0 Å². The third-order valence-corrected chi connectivity index (χ3v) is 3.07. The predicted molar refractivity (Wildman–Crippen MR) is 64.9 cm³/mol. The largest absolute Gasteiger partial charge is 0.508 e. The van der Waals surface area contributed by atoms with Gasteiger partial charge in [-0.05, 0) is 49.2 Å². The van der Waals surface area contributed by atoms with Gasteiger partial charge >= 0.3 is 0 Å². The fraction of sp³-hybridized carbons (Fsp3) is 0.143. The number of phenolic OH excluding ortho intramolecular Hbond substituents is 1. The molecule has 0 aliphatic heterocycles. The molecular formula is C14H12O2. The highest BCUT2D eigenvalue weighted by Gasteiger charge is 2.08. The highest BCUT2D eigenvalue weighted by molar-refractivity contribution is 6.05. The maximum atomic E-state index is 9.40. The minimum atomic E-state index is 0.236. The van der Waals surface area contributed by atoms with Crippen LogP contribution in [0.1, 0.15) is 11.1 Å². The second kappa shape index (κ2) is 3.01. The number of furan rings is 1. The summed E-state index contributed by atoms with van der Waals surface area (Å²) in [5, 5.41) is 11.6. The number of aromatic hydroxyl groups is 1. The fourth-order valence-electron chi connectivity index (χ4n) is 2.02. The third-order valence-electron chi connectivity index (χ3n) is 3.07. The molecular weight excluding hydrogens is 200 g/mol. The molecule has 16 heavy (non-hydrogen) atoms. The van der Waals surface area contributed by atoms with Gasteiger partial charge in [-0.3, -0.25) is 0 Å². The zero-order chi connectivity index (χ0) is 11.3. The lowest BCUT2D eigenvalue weighted by Crippen LogP contribution is -1.78. The average Bonchev–Trinajstić information content (AvgIpc) is 2.55. The van der Waals surface area contributed by atoms with E-state index in [1.807, 2.05) is 12.1 Å². The fourth-order valence-corrected chi connectivity index (χ4v) is 2.02. The maximum absolute atomic E-state index is 9.40. The summed E-state index contributed by atoms with van der Waals surface area (Å²) in [6.07, 6.45) is 0. The summed E-state index contributed by atoms with van der Waals surface area (Å²) in [7, 11) is 0. The maximum Gasteiger partial charge on any atom is 0.139 e. The Hall–Kier alpha value is -1.96. The van der Waals surface area contributed by atoms with Crippen LogP contribution < -0.4 is 0 Å². The molecule has 1 heterocycles. The minimum absolute atomic E-state index is 0.236. The molecule has 0 atom stereocenters. The first-order valence-corrected chi connectivity index (χ1v) is 5.27. The van der Waals surface area contributed by atoms with E-state index in [2.05, 4.69) is 19.9 Å². The Morgan fingerprint density at radius 1 is 0.875 bits per heavy atom. The van der Waals surface area contributed by atoms with Gasteiger partial charge < -0.3 is 9.52 Å². The van der Waals surface area contributed by atoms with Crippen LogP contribution in [0.15, 0.2) is 34.7 Å². The molecule has 0 aliphatic rings. The summed E-state index contributed by atoms with van der Waals surface area (Å²) in [4.78, 5) is 0. The minimum Gasteiger partial charge on any atom is -0.508 e. The van der Waals surface area contributed by atoms with Crippen molar-refractivity contribution < 1.29 is 9.52 Å². The van der Waals surface area contributed by atoms with Crippen molar-refractivity contribution in [2.45, 2.75) is 13.8 Å². The summed E-state index contributed by atoms with van der Waals surface area (Å²) < 4.78 is 5.71. The zero-order valence-electron chi connectivity index (χ0n) is 9.24. The summed E-state index contributed by atoms with van der Waals surface area (Å²) in [6.45, 7) is 4.16. The monoisotopic (exact) mass is 212 g/mol. The molecule has 2 heteroatoms. The molecule has 0 aliphatic carbocycles. The van der Waals surface area contributed by atoms with Crippen molar-refractivity contribution in [2.24, 2.45) is 0 Å². The molecule has 0 fully saturated rings. The van der Waals surface area contributed by atoms with Gasteiger partial charge in [-0.25, -0.2) is 0 Å². The first kappa shape index (κ1) is 9.28. The van der Waals surface area contributed by atoms with E-state index in [0.717, 1.165) is 21.9 Å². The molecule has 0 saturated carbocycles. The Morgan fingerprint density at radius 2 is 1.56 bits per heavy atom. The smallest absolute Gasteiger partial charge is 0.139 e. The summed E-state index contributed by atoms with van der Waals surface area (Å²) in [5.74, 6) is 0.236. The molecule has 0 unspecified atom stereocenters. The summed E-state index contributed by atoms with van der Waals surface area (Å²) in [5.41, 5.74) is 4.09. The first-order chi connectivity index (χ1) is 7.65. The second-order valence-corrected chi connectivity index (χ2v) is 4.22. The van der Waals surface area contributed by atoms with E-state index >= 15 is 0 Å². The van der Waals surface area contributed by atoms with Gasteiger partial charge in [-0.1, -0.05) is 0 Å². The van der Waals surface area contributed by atoms with Gasteiger partial charge in [0.2, 0.25) is 0 Å². The van der Waals surface area contributed by atoms with Gasteiger partial charge in [0.15, 0.2) is 0 Å². The molecule has 2 aromatic carbocycles. The quantitative estimate of drug-likeness (QED) is 0.613. The molecule has 2 nitrogen and oxygen atoms in total. The first-order valence-electron chi connectivity index (χ1n) is 5.27. The standard InChI is InChI=1S/C14H12O2/c1-8-5-12-11-4-3-10(15)7-14(11)16-13(12)6-9(8)2/h3-7,15H,1-2H3. The van der Waals surface area contributed by atoms with E-state index in [1.54, 1.807) is 12.1 Å². The van der Waals surface area contributed by atoms with Crippen LogP contribution in [0.2, 0.25) is 0 Å². The van der Waals surface area contributed by atoms with Crippen LogP contribution in [0.4, 0.5) is 0 Å². The predicted octanol–water partition coefficient (Wildman–Crippen LogP) is 3.91. The van der Waals surface area contributed by atoms with Gasteiger partial charge in [-0.2, -0.15) is 0 Å². The average molecular weight is 212 g/mol. The van der Waals surface area contributed by atoms with Crippen LogP contribution in [0, 0.1) is 13.8 Å². The van der Waals surface area contributed by atoms with Crippen molar-refractivity contribution in [3.05, 3.63) is 41.5 Å². The number of phenols is 1. The van der Waals surface area contributed by atoms with E-state index in [1.165, 1.54) is 11.1 Å². The SMILES string of the molecule is Cc1cc2oc3cc(O)ccc3c2cc1C. The van der Waals surface area contributed by atoms with Crippen molar-refractivity contribution in [2.75, 3.05) is 0 Å². The Bertz CT molecular complexity index is 693. The van der Waals surface area contributed by atoms with E-state index in [9.17, 15) is 5.11 Å². The van der Waals surface area contributed by atoms with Gasteiger partial charge in [0.25, 0.3) is 0 Å². The molecule has 3 rings (SSSR count). The van der Waals surface area contributed by atoms with Crippen molar-refractivity contribution >= 4 is 21.9 Å². The lowest BCUT2D eigenvalue weighted by atomic mass is 10.1. The van der Waals surface area contributed by atoms with Gasteiger partial charge in [0.05, 0.1) is 0 Å². The van der Waals surface area contributed by atoms with Crippen LogP contribution in [0.25, 0.3) is 21.9 Å². The van der Waals surface area contributed by atoms with Crippen molar-refractivity contribution in [1.82, 2.24) is 0 Å². The summed E-state index contributed by atoms with van der Waals surface area (Å²) in [6, 6.07) is 9.41. The van der Waals surface area contributed by atoms with Gasteiger partial charge in [0.1, 0.15) is 16.9 Å². The van der Waals surface area contributed by atoms with E-state index < -0.39 is 0 Å². The molecule has 1 aromatic heterocycles. The Morgan fingerprint density at radius 3 is 2.38 bits per heavy atom. The lowest BCUT2D eigenvalue weighted by molar-refractivity contribution is 0.475. The number of hydrogen-bond donors (Lipinski definition) is 1. The van der Waals surface area contributed by atoms with Crippen molar-refractivity contribution in [1.29, 1.82) is 0 Å². The van der Waals surface area contributed by atoms with Crippen molar-refractivity contribution in [3.8, 4) is 5.75 Å². The number of hydrogen-bond acceptors (Lipinski definition) is 2. The molecule has 0 bridgehead atoms. The number of fused-ring (bicyclic) bond motifs is 3. The highest BCUT2D eigenvalue weighted by Crippen LogP contribution is 2.32. The number of benzene rings is 2. The number of aryl methyl sites for hydroxylation is 2. The van der Waals surface area contributed by atoms with E-state index in [-0.39, 0.29) is 5.75 Å². The molecule has 1 N–H and O–H groups in total. The number of rotatable bonds is 0. The van der Waals surface area contributed by atoms with Gasteiger partial charge in [-0.15, -0.1) is 0 Å². The highest BCUT2D eigenvalue weighted by atomic mass is 16.3. The normalized spacial score (nSPS) is 11.4. The van der Waals surface area contributed by atoms with Crippen LogP contribution in [-0.2, 0) is 0 Å². The Kier molecular flexibility index (Phi) is 1.75. The summed E-state index contributed by atoms with van der Waals surface area (Å²) >= 11 is 0. The Labute approximate surface area is 93.1 Å². The van der Waals surface area contributed by atoms with Crippen LogP contribution in [-0.4, -0.2) is 5.11 Å².